The fourth-order valence-corrected chi connectivity index (χ4v) is 4.00. The zero-order valence-corrected chi connectivity index (χ0v) is 16.5. The number of hydrogen-bond acceptors (Lipinski definition) is 4. The number of nitrogens with zero attached hydrogens (tertiary/aromatic N) is 3. The second-order valence-corrected chi connectivity index (χ2v) is 8.82. The minimum absolute atomic E-state index is 0.0170. The maximum atomic E-state index is 12.9. The summed E-state index contributed by atoms with van der Waals surface area (Å²) >= 11 is 0. The third-order valence-corrected chi connectivity index (χ3v) is 6.70. The van der Waals surface area contributed by atoms with Crippen LogP contribution in [0.4, 0.5) is 11.4 Å². The summed E-state index contributed by atoms with van der Waals surface area (Å²) in [6.45, 7) is 4.44. The molecule has 1 heterocycles. The third-order valence-electron chi connectivity index (χ3n) is 4.93. The molecule has 0 unspecified atom stereocenters. The van der Waals surface area contributed by atoms with Crippen LogP contribution in [0.5, 0.6) is 0 Å². The van der Waals surface area contributed by atoms with Gasteiger partial charge in [-0.1, -0.05) is 24.3 Å². The molecule has 1 fully saturated rings. The molecular weight excluding hydrogens is 362 g/mol. The van der Waals surface area contributed by atoms with Crippen molar-refractivity contribution in [3.8, 4) is 0 Å². The molecule has 1 aliphatic rings. The summed E-state index contributed by atoms with van der Waals surface area (Å²) in [5.41, 5.74) is 2.18. The number of para-hydroxylation sites is 1. The Labute approximate surface area is 161 Å². The Morgan fingerprint density at radius 1 is 1.00 bits per heavy atom. The smallest absolute Gasteiger partial charge is 0.254 e. The number of benzene rings is 2. The summed E-state index contributed by atoms with van der Waals surface area (Å²) in [6, 6.07) is 17.0. The summed E-state index contributed by atoms with van der Waals surface area (Å²) in [5.74, 6) is -0.0461. The van der Waals surface area contributed by atoms with Crippen molar-refractivity contribution in [2.24, 2.45) is 0 Å². The number of amides is 1. The second-order valence-electron chi connectivity index (χ2n) is 6.53. The van der Waals surface area contributed by atoms with Crippen LogP contribution in [0.1, 0.15) is 17.3 Å². The number of carbonyl (C=O) groups is 1. The monoisotopic (exact) mass is 387 g/mol. The third kappa shape index (κ3) is 4.24. The molecule has 0 spiro atoms. The van der Waals surface area contributed by atoms with Gasteiger partial charge in [0.1, 0.15) is 0 Å². The van der Waals surface area contributed by atoms with E-state index in [4.69, 9.17) is 0 Å². The van der Waals surface area contributed by atoms with Gasteiger partial charge in [0.2, 0.25) is 10.0 Å². The Balaban J connectivity index is 1.69. The van der Waals surface area contributed by atoms with Crippen LogP contribution in [0.3, 0.4) is 0 Å². The lowest BCUT2D eigenvalue weighted by Crippen LogP contribution is -2.48. The van der Waals surface area contributed by atoms with Crippen molar-refractivity contribution >= 4 is 27.3 Å². The van der Waals surface area contributed by atoms with Gasteiger partial charge in [0.25, 0.3) is 5.91 Å². The van der Waals surface area contributed by atoms with Crippen molar-refractivity contribution in [3.05, 3.63) is 60.2 Å². The van der Waals surface area contributed by atoms with Crippen molar-refractivity contribution in [2.75, 3.05) is 48.2 Å². The Morgan fingerprint density at radius 3 is 2.30 bits per heavy atom. The molecule has 1 saturated heterocycles. The number of hydrogen-bond donors (Lipinski definition) is 0. The molecule has 1 amide bonds. The van der Waals surface area contributed by atoms with E-state index in [2.05, 4.69) is 17.0 Å². The summed E-state index contributed by atoms with van der Waals surface area (Å²) in [5, 5.41) is 0. The molecule has 0 radical (unpaired) electrons. The molecule has 2 aromatic carbocycles. The van der Waals surface area contributed by atoms with Gasteiger partial charge in [-0.05, 0) is 37.3 Å². The summed E-state index contributed by atoms with van der Waals surface area (Å²) < 4.78 is 25.4. The average Bonchev–Trinajstić information content (AvgIpc) is 2.73. The number of piperazine rings is 1. The highest BCUT2D eigenvalue weighted by Crippen LogP contribution is 2.21. The number of anilines is 2. The second kappa shape index (κ2) is 8.00. The molecule has 3 rings (SSSR count). The van der Waals surface area contributed by atoms with E-state index in [0.29, 0.717) is 24.3 Å². The molecule has 7 heteroatoms. The van der Waals surface area contributed by atoms with Gasteiger partial charge >= 0.3 is 0 Å². The van der Waals surface area contributed by atoms with Gasteiger partial charge < -0.3 is 9.80 Å². The molecule has 0 aliphatic carbocycles. The van der Waals surface area contributed by atoms with Crippen molar-refractivity contribution < 1.29 is 13.2 Å². The number of carbonyl (C=O) groups excluding carboxylic acids is 1. The summed E-state index contributed by atoms with van der Waals surface area (Å²) in [4.78, 5) is 17.0. The first kappa shape index (κ1) is 19.2. The molecule has 2 aromatic rings. The average molecular weight is 388 g/mol. The van der Waals surface area contributed by atoms with Gasteiger partial charge in [-0.15, -0.1) is 0 Å². The molecule has 0 N–H and O–H groups in total. The minimum atomic E-state index is -3.35. The fraction of sp³-hybridized carbons (Fsp3) is 0.350. The highest BCUT2D eigenvalue weighted by atomic mass is 32.2. The molecule has 144 valence electrons. The lowest BCUT2D eigenvalue weighted by Gasteiger charge is -2.36. The normalized spacial score (nSPS) is 14.9. The highest BCUT2D eigenvalue weighted by Gasteiger charge is 2.23. The first-order chi connectivity index (χ1) is 12.9. The zero-order chi connectivity index (χ0) is 19.4. The van der Waals surface area contributed by atoms with E-state index in [9.17, 15) is 13.2 Å². The van der Waals surface area contributed by atoms with Gasteiger partial charge in [0.05, 0.1) is 11.4 Å². The van der Waals surface area contributed by atoms with Gasteiger partial charge in [-0.2, -0.15) is 0 Å². The fourth-order valence-electron chi connectivity index (χ4n) is 3.18. The maximum absolute atomic E-state index is 12.9. The van der Waals surface area contributed by atoms with Gasteiger partial charge in [-0.3, -0.25) is 9.10 Å². The minimum Gasteiger partial charge on any atom is -0.368 e. The predicted octanol–water partition coefficient (Wildman–Crippen LogP) is 2.43. The molecule has 0 aromatic heterocycles. The Bertz CT molecular complexity index is 892. The van der Waals surface area contributed by atoms with Crippen LogP contribution < -0.4 is 9.21 Å². The molecule has 0 bridgehead atoms. The van der Waals surface area contributed by atoms with E-state index in [1.165, 1.54) is 11.4 Å². The quantitative estimate of drug-likeness (QED) is 0.791. The van der Waals surface area contributed by atoms with E-state index in [1.54, 1.807) is 31.2 Å². The van der Waals surface area contributed by atoms with Crippen molar-refractivity contribution in [1.82, 2.24) is 4.90 Å². The standard InChI is InChI=1S/C20H25N3O3S/c1-3-27(25,26)21(2)19-11-7-8-17(16-19)20(24)23-14-12-22(13-15-23)18-9-5-4-6-10-18/h4-11,16H,3,12-15H2,1-2H3. The van der Waals surface area contributed by atoms with E-state index < -0.39 is 10.0 Å². The summed E-state index contributed by atoms with van der Waals surface area (Å²) in [7, 11) is -1.84. The van der Waals surface area contributed by atoms with Crippen LogP contribution >= 0.6 is 0 Å². The lowest BCUT2D eigenvalue weighted by atomic mass is 10.1. The van der Waals surface area contributed by atoms with Crippen LogP contribution in [-0.4, -0.2) is 58.2 Å². The van der Waals surface area contributed by atoms with Crippen LogP contribution in [-0.2, 0) is 10.0 Å². The van der Waals surface area contributed by atoms with Crippen LogP contribution in [0.25, 0.3) is 0 Å². The Morgan fingerprint density at radius 2 is 1.67 bits per heavy atom. The van der Waals surface area contributed by atoms with Crippen LogP contribution in [0, 0.1) is 0 Å². The zero-order valence-electron chi connectivity index (χ0n) is 15.7. The van der Waals surface area contributed by atoms with Crippen molar-refractivity contribution in [3.63, 3.8) is 0 Å². The van der Waals surface area contributed by atoms with Crippen LogP contribution in [0.15, 0.2) is 54.6 Å². The van der Waals surface area contributed by atoms with Gasteiger partial charge in [0, 0.05) is 44.5 Å². The summed E-state index contributed by atoms with van der Waals surface area (Å²) in [6.07, 6.45) is 0. The van der Waals surface area contributed by atoms with Crippen LogP contribution in [0.2, 0.25) is 0 Å². The number of sulfonamides is 1. The SMILES string of the molecule is CCS(=O)(=O)N(C)c1cccc(C(=O)N2CCN(c3ccccc3)CC2)c1. The Hall–Kier alpha value is -2.54. The van der Waals surface area contributed by atoms with E-state index in [-0.39, 0.29) is 11.7 Å². The largest absolute Gasteiger partial charge is 0.368 e. The molecule has 0 atom stereocenters. The molecule has 6 nitrogen and oxygen atoms in total. The molecule has 1 aliphatic heterocycles. The predicted molar refractivity (Wildman–Crippen MR) is 109 cm³/mol. The van der Waals surface area contributed by atoms with Crippen molar-refractivity contribution in [1.29, 1.82) is 0 Å². The Kier molecular flexibility index (Phi) is 5.70. The lowest BCUT2D eigenvalue weighted by molar-refractivity contribution is 0.0747. The number of rotatable bonds is 5. The molecular formula is C20H25N3O3S. The van der Waals surface area contributed by atoms with Gasteiger partial charge in [0.15, 0.2) is 0 Å². The van der Waals surface area contributed by atoms with E-state index >= 15 is 0 Å². The van der Waals surface area contributed by atoms with Gasteiger partial charge in [-0.25, -0.2) is 8.42 Å². The topological polar surface area (TPSA) is 60.9 Å². The van der Waals surface area contributed by atoms with E-state index in [1.807, 2.05) is 23.1 Å². The molecule has 27 heavy (non-hydrogen) atoms. The molecule has 0 saturated carbocycles. The van der Waals surface area contributed by atoms with E-state index in [0.717, 1.165) is 18.8 Å². The first-order valence-corrected chi connectivity index (χ1v) is 10.7. The maximum Gasteiger partial charge on any atom is 0.254 e. The highest BCUT2D eigenvalue weighted by molar-refractivity contribution is 7.92. The van der Waals surface area contributed by atoms with Crippen molar-refractivity contribution in [2.45, 2.75) is 6.92 Å². The first-order valence-electron chi connectivity index (χ1n) is 9.08.